The van der Waals surface area contributed by atoms with E-state index in [9.17, 15) is 8.42 Å². The Balaban J connectivity index is 2.03. The molecule has 118 valence electrons. The van der Waals surface area contributed by atoms with Crippen LogP contribution in [0.5, 0.6) is 0 Å². The van der Waals surface area contributed by atoms with Crippen molar-refractivity contribution in [3.05, 3.63) is 0 Å². The minimum absolute atomic E-state index is 0.108. The van der Waals surface area contributed by atoms with E-state index in [0.29, 0.717) is 36.8 Å². The normalized spacial score (nSPS) is 40.7. The van der Waals surface area contributed by atoms with Crippen LogP contribution in [0.3, 0.4) is 0 Å². The second-order valence-corrected chi connectivity index (χ2v) is 8.96. The number of hydrogen-bond donors (Lipinski definition) is 1. The second kappa shape index (κ2) is 6.32. The number of nitrogens with one attached hydrogen (secondary N) is 1. The van der Waals surface area contributed by atoms with Gasteiger partial charge >= 0.3 is 0 Å². The molecule has 1 N–H and O–H groups in total. The Morgan fingerprint density at radius 2 is 1.60 bits per heavy atom. The molecule has 20 heavy (non-hydrogen) atoms. The Morgan fingerprint density at radius 3 is 2.20 bits per heavy atom. The summed E-state index contributed by atoms with van der Waals surface area (Å²) in [6, 6.07) is 0.108. The molecule has 0 amide bonds. The number of piperidine rings is 1. The minimum Gasteiger partial charge on any atom is -0.199 e. The van der Waals surface area contributed by atoms with E-state index in [1.54, 1.807) is 4.31 Å². The van der Waals surface area contributed by atoms with Crippen LogP contribution in [-0.2, 0) is 10.2 Å². The van der Waals surface area contributed by atoms with E-state index in [2.05, 4.69) is 32.4 Å². The van der Waals surface area contributed by atoms with Gasteiger partial charge in [-0.25, -0.2) is 0 Å². The van der Waals surface area contributed by atoms with Crippen LogP contribution in [0.1, 0.15) is 53.4 Å². The van der Waals surface area contributed by atoms with Gasteiger partial charge in [0.1, 0.15) is 0 Å². The fourth-order valence-electron chi connectivity index (χ4n) is 3.82. The highest BCUT2D eigenvalue weighted by Gasteiger charge is 2.35. The van der Waals surface area contributed by atoms with Crippen LogP contribution in [0.4, 0.5) is 0 Å². The van der Waals surface area contributed by atoms with Crippen LogP contribution in [0.15, 0.2) is 0 Å². The van der Waals surface area contributed by atoms with Gasteiger partial charge < -0.3 is 0 Å². The first-order valence-electron chi connectivity index (χ1n) is 8.07. The van der Waals surface area contributed by atoms with Gasteiger partial charge in [0.05, 0.1) is 0 Å². The van der Waals surface area contributed by atoms with E-state index in [4.69, 9.17) is 0 Å². The zero-order valence-corrected chi connectivity index (χ0v) is 14.1. The van der Waals surface area contributed by atoms with E-state index in [1.807, 2.05) is 0 Å². The number of rotatable bonds is 3. The van der Waals surface area contributed by atoms with E-state index >= 15 is 0 Å². The summed E-state index contributed by atoms with van der Waals surface area (Å²) in [5.74, 6) is 1.95. The van der Waals surface area contributed by atoms with Gasteiger partial charge in [-0.3, -0.25) is 0 Å². The van der Waals surface area contributed by atoms with Gasteiger partial charge in [-0.2, -0.15) is 17.4 Å². The standard InChI is InChI=1S/C15H30N2O2S/c1-11-8-12(2)10-17(9-11)20(18,19)16-15-7-5-6-13(3)14(15)4/h11-16H,5-10H2,1-4H3/t11-,12+,13-,14+,15+/m0/s1. The van der Waals surface area contributed by atoms with Crippen molar-refractivity contribution in [3.63, 3.8) is 0 Å². The molecule has 0 bridgehead atoms. The molecule has 0 radical (unpaired) electrons. The van der Waals surface area contributed by atoms with E-state index in [-0.39, 0.29) is 6.04 Å². The predicted molar refractivity (Wildman–Crippen MR) is 82.5 cm³/mol. The smallest absolute Gasteiger partial charge is 0.199 e. The number of hydrogen-bond acceptors (Lipinski definition) is 2. The molecule has 2 rings (SSSR count). The summed E-state index contributed by atoms with van der Waals surface area (Å²) >= 11 is 0. The Labute approximate surface area is 124 Å². The van der Waals surface area contributed by atoms with E-state index in [0.717, 1.165) is 19.3 Å². The summed E-state index contributed by atoms with van der Waals surface area (Å²) in [5.41, 5.74) is 0. The lowest BCUT2D eigenvalue weighted by Crippen LogP contribution is -2.53. The molecule has 0 aromatic rings. The fraction of sp³-hybridized carbons (Fsp3) is 1.00. The van der Waals surface area contributed by atoms with Crippen molar-refractivity contribution in [1.82, 2.24) is 9.03 Å². The van der Waals surface area contributed by atoms with Gasteiger partial charge in [0.15, 0.2) is 0 Å². The van der Waals surface area contributed by atoms with Crippen molar-refractivity contribution in [2.45, 2.75) is 59.4 Å². The van der Waals surface area contributed by atoms with Crippen LogP contribution in [0, 0.1) is 23.7 Å². The van der Waals surface area contributed by atoms with Crippen molar-refractivity contribution in [1.29, 1.82) is 0 Å². The van der Waals surface area contributed by atoms with Crippen LogP contribution in [0.2, 0.25) is 0 Å². The van der Waals surface area contributed by atoms with Crippen LogP contribution in [0.25, 0.3) is 0 Å². The third-order valence-electron chi connectivity index (χ3n) is 5.18. The van der Waals surface area contributed by atoms with Crippen LogP contribution < -0.4 is 4.72 Å². The lowest BCUT2D eigenvalue weighted by Gasteiger charge is -2.38. The maximum absolute atomic E-state index is 12.6. The lowest BCUT2D eigenvalue weighted by molar-refractivity contribution is 0.203. The SMILES string of the molecule is C[C@@H]1C[C@H](C)CN(S(=O)(=O)N[C@@H]2CCC[C@H](C)[C@H]2C)C1. The average Bonchev–Trinajstić information content (AvgIpc) is 2.33. The topological polar surface area (TPSA) is 49.4 Å². The van der Waals surface area contributed by atoms with Gasteiger partial charge in [0.2, 0.25) is 0 Å². The van der Waals surface area contributed by atoms with E-state index in [1.165, 1.54) is 6.42 Å². The maximum Gasteiger partial charge on any atom is 0.279 e. The van der Waals surface area contributed by atoms with Crippen molar-refractivity contribution in [2.75, 3.05) is 13.1 Å². The lowest BCUT2D eigenvalue weighted by atomic mass is 9.78. The van der Waals surface area contributed by atoms with Crippen molar-refractivity contribution in [2.24, 2.45) is 23.7 Å². The first-order valence-corrected chi connectivity index (χ1v) is 9.51. The Hall–Kier alpha value is -0.130. The van der Waals surface area contributed by atoms with Gasteiger partial charge in [-0.1, -0.05) is 40.5 Å². The zero-order valence-electron chi connectivity index (χ0n) is 13.3. The summed E-state index contributed by atoms with van der Waals surface area (Å²) in [7, 11) is -3.32. The zero-order chi connectivity index (χ0) is 14.9. The Bertz CT molecular complexity index is 414. The third-order valence-corrected chi connectivity index (χ3v) is 6.76. The molecule has 1 aliphatic carbocycles. The molecular weight excluding hydrogens is 272 g/mol. The summed E-state index contributed by atoms with van der Waals surface area (Å²) in [6.07, 6.45) is 4.45. The van der Waals surface area contributed by atoms with Crippen molar-refractivity contribution in [3.8, 4) is 0 Å². The van der Waals surface area contributed by atoms with Crippen molar-refractivity contribution >= 4 is 10.2 Å². The predicted octanol–water partition coefficient (Wildman–Crippen LogP) is 2.62. The molecule has 1 saturated carbocycles. The summed E-state index contributed by atoms with van der Waals surface area (Å²) in [4.78, 5) is 0. The van der Waals surface area contributed by atoms with Gasteiger partial charge in [-0.05, 0) is 36.5 Å². The molecular formula is C15H30N2O2S. The molecule has 2 fully saturated rings. The molecule has 2 aliphatic rings. The third kappa shape index (κ3) is 3.74. The quantitative estimate of drug-likeness (QED) is 0.871. The highest BCUT2D eigenvalue weighted by Crippen LogP contribution is 2.30. The molecule has 0 spiro atoms. The molecule has 1 aliphatic heterocycles. The van der Waals surface area contributed by atoms with Gasteiger partial charge in [0.25, 0.3) is 10.2 Å². The van der Waals surface area contributed by atoms with Gasteiger partial charge in [-0.15, -0.1) is 0 Å². The first kappa shape index (κ1) is 16.2. The van der Waals surface area contributed by atoms with Crippen LogP contribution >= 0.6 is 0 Å². The Kier molecular flexibility index (Phi) is 5.14. The molecule has 1 saturated heterocycles. The largest absolute Gasteiger partial charge is 0.279 e. The summed E-state index contributed by atoms with van der Waals surface area (Å²) in [5, 5.41) is 0. The molecule has 0 unspecified atom stereocenters. The molecule has 5 atom stereocenters. The molecule has 0 aromatic heterocycles. The monoisotopic (exact) mass is 302 g/mol. The van der Waals surface area contributed by atoms with Gasteiger partial charge in [0, 0.05) is 19.1 Å². The number of nitrogens with zero attached hydrogens (tertiary/aromatic N) is 1. The van der Waals surface area contributed by atoms with Crippen LogP contribution in [-0.4, -0.2) is 31.9 Å². The Morgan fingerprint density at radius 1 is 1.00 bits per heavy atom. The van der Waals surface area contributed by atoms with E-state index < -0.39 is 10.2 Å². The maximum atomic E-state index is 12.6. The minimum atomic E-state index is -3.32. The van der Waals surface area contributed by atoms with Crippen molar-refractivity contribution < 1.29 is 8.42 Å². The fourth-order valence-corrected chi connectivity index (χ4v) is 5.58. The molecule has 1 heterocycles. The average molecular weight is 302 g/mol. The highest BCUT2D eigenvalue weighted by atomic mass is 32.2. The summed E-state index contributed by atoms with van der Waals surface area (Å²) < 4.78 is 29.9. The molecule has 5 heteroatoms. The highest BCUT2D eigenvalue weighted by molar-refractivity contribution is 7.87. The summed E-state index contributed by atoms with van der Waals surface area (Å²) in [6.45, 7) is 10.0. The molecule has 0 aromatic carbocycles. The first-order chi connectivity index (χ1) is 9.29. The molecule has 4 nitrogen and oxygen atoms in total. The second-order valence-electron chi connectivity index (χ2n) is 7.26.